The molecule has 1 atom stereocenters. The van der Waals surface area contributed by atoms with Crippen molar-refractivity contribution in [2.75, 3.05) is 19.8 Å². The van der Waals surface area contributed by atoms with Gasteiger partial charge in [-0.2, -0.15) is 0 Å². The highest BCUT2D eigenvalue weighted by molar-refractivity contribution is 5.83. The van der Waals surface area contributed by atoms with Crippen LogP contribution in [0.2, 0.25) is 0 Å². The number of rotatable bonds is 7. The molecule has 1 N–H and O–H groups in total. The number of carbonyl (C=O) groups is 1. The van der Waals surface area contributed by atoms with Gasteiger partial charge >= 0.3 is 0 Å². The molecule has 1 aromatic heterocycles. The minimum Gasteiger partial charge on any atom is -0.355 e. The number of ether oxygens (including phenoxy) is 2. The van der Waals surface area contributed by atoms with Crippen molar-refractivity contribution in [2.45, 2.75) is 31.5 Å². The molecular formula is C20H23FN2O3. The molecule has 0 radical (unpaired) electrons. The molecule has 1 fully saturated rings. The first-order valence-corrected chi connectivity index (χ1v) is 8.77. The third-order valence-corrected chi connectivity index (χ3v) is 4.50. The van der Waals surface area contributed by atoms with Crippen LogP contribution in [0.15, 0.2) is 48.7 Å². The van der Waals surface area contributed by atoms with Crippen LogP contribution in [0.3, 0.4) is 0 Å². The Labute approximate surface area is 152 Å². The zero-order chi connectivity index (χ0) is 18.4. The van der Waals surface area contributed by atoms with E-state index in [0.29, 0.717) is 32.6 Å². The maximum absolute atomic E-state index is 13.3. The number of nitrogens with zero attached hydrogens (tertiary/aromatic N) is 1. The Bertz CT molecular complexity index is 716. The lowest BCUT2D eigenvalue weighted by Gasteiger charge is -2.23. The lowest BCUT2D eigenvalue weighted by Crippen LogP contribution is -2.36. The van der Waals surface area contributed by atoms with E-state index in [0.717, 1.165) is 11.3 Å². The molecule has 1 aliphatic heterocycles. The number of hydrogen-bond donors (Lipinski definition) is 1. The Balaban J connectivity index is 1.67. The number of aromatic nitrogens is 1. The van der Waals surface area contributed by atoms with Crippen LogP contribution in [-0.2, 0) is 20.7 Å². The Morgan fingerprint density at radius 3 is 2.62 bits per heavy atom. The largest absolute Gasteiger partial charge is 0.355 e. The van der Waals surface area contributed by atoms with Gasteiger partial charge in [0.25, 0.3) is 0 Å². The van der Waals surface area contributed by atoms with Crippen LogP contribution < -0.4 is 5.32 Å². The predicted octanol–water partition coefficient (Wildman–Crippen LogP) is 2.82. The van der Waals surface area contributed by atoms with E-state index in [9.17, 15) is 9.18 Å². The Morgan fingerprint density at radius 2 is 1.96 bits per heavy atom. The third kappa shape index (κ3) is 4.86. The van der Waals surface area contributed by atoms with E-state index >= 15 is 0 Å². The standard InChI is InChI=1S/C20H23FN2O3/c1-20(25-12-13-26-20)9-11-23-19(24)18(14-17-4-2-3-10-22-17)15-5-7-16(21)8-6-15/h2-8,10,18H,9,11-14H2,1H3,(H,23,24). The highest BCUT2D eigenvalue weighted by atomic mass is 19.1. The molecule has 0 saturated carbocycles. The highest BCUT2D eigenvalue weighted by Gasteiger charge is 2.31. The molecule has 138 valence electrons. The molecule has 26 heavy (non-hydrogen) atoms. The van der Waals surface area contributed by atoms with Gasteiger partial charge in [-0.15, -0.1) is 0 Å². The summed E-state index contributed by atoms with van der Waals surface area (Å²) in [4.78, 5) is 17.1. The van der Waals surface area contributed by atoms with Crippen LogP contribution >= 0.6 is 0 Å². The Hall–Kier alpha value is -2.31. The van der Waals surface area contributed by atoms with Gasteiger partial charge in [-0.25, -0.2) is 4.39 Å². The van der Waals surface area contributed by atoms with Crippen molar-refractivity contribution in [3.8, 4) is 0 Å². The molecule has 2 aromatic rings. The second-order valence-electron chi connectivity index (χ2n) is 6.50. The van der Waals surface area contributed by atoms with Crippen LogP contribution in [0, 0.1) is 5.82 Å². The maximum atomic E-state index is 13.3. The van der Waals surface area contributed by atoms with E-state index < -0.39 is 11.7 Å². The van der Waals surface area contributed by atoms with Gasteiger partial charge in [0, 0.05) is 31.3 Å². The van der Waals surface area contributed by atoms with E-state index in [1.165, 1.54) is 12.1 Å². The van der Waals surface area contributed by atoms with Crippen LogP contribution in [-0.4, -0.2) is 36.4 Å². The summed E-state index contributed by atoms with van der Waals surface area (Å²) in [6, 6.07) is 11.6. The minimum absolute atomic E-state index is 0.121. The zero-order valence-corrected chi connectivity index (χ0v) is 14.8. The van der Waals surface area contributed by atoms with Gasteiger partial charge < -0.3 is 14.8 Å². The second-order valence-corrected chi connectivity index (χ2v) is 6.50. The summed E-state index contributed by atoms with van der Waals surface area (Å²) >= 11 is 0. The van der Waals surface area contributed by atoms with Gasteiger partial charge in [0.2, 0.25) is 5.91 Å². The number of pyridine rings is 1. The van der Waals surface area contributed by atoms with E-state index in [1.807, 2.05) is 25.1 Å². The van der Waals surface area contributed by atoms with Crippen molar-refractivity contribution < 1.29 is 18.7 Å². The van der Waals surface area contributed by atoms with Crippen LogP contribution in [0.25, 0.3) is 0 Å². The molecule has 6 heteroatoms. The fourth-order valence-electron chi connectivity index (χ4n) is 3.02. The molecule has 1 saturated heterocycles. The topological polar surface area (TPSA) is 60.5 Å². The number of nitrogens with one attached hydrogen (secondary N) is 1. The molecule has 1 unspecified atom stereocenters. The van der Waals surface area contributed by atoms with Crippen molar-refractivity contribution in [1.82, 2.24) is 10.3 Å². The summed E-state index contributed by atoms with van der Waals surface area (Å²) < 4.78 is 24.4. The Kier molecular flexibility index (Phi) is 5.96. The van der Waals surface area contributed by atoms with Crippen molar-refractivity contribution >= 4 is 5.91 Å². The smallest absolute Gasteiger partial charge is 0.227 e. The molecule has 0 bridgehead atoms. The lowest BCUT2D eigenvalue weighted by molar-refractivity contribution is -0.146. The quantitative estimate of drug-likeness (QED) is 0.827. The first-order valence-electron chi connectivity index (χ1n) is 8.77. The van der Waals surface area contributed by atoms with E-state index in [4.69, 9.17) is 9.47 Å². The summed E-state index contributed by atoms with van der Waals surface area (Å²) in [6.07, 6.45) is 2.71. The molecule has 1 aromatic carbocycles. The van der Waals surface area contributed by atoms with Crippen molar-refractivity contribution in [1.29, 1.82) is 0 Å². The van der Waals surface area contributed by atoms with Crippen molar-refractivity contribution in [3.05, 3.63) is 65.7 Å². The van der Waals surface area contributed by atoms with Crippen molar-refractivity contribution in [3.63, 3.8) is 0 Å². The van der Waals surface area contributed by atoms with Gasteiger partial charge in [-0.3, -0.25) is 9.78 Å². The number of carbonyl (C=O) groups excluding carboxylic acids is 1. The first kappa shape index (κ1) is 18.5. The Morgan fingerprint density at radius 1 is 1.23 bits per heavy atom. The number of halogens is 1. The van der Waals surface area contributed by atoms with Crippen LogP contribution in [0.1, 0.15) is 30.5 Å². The van der Waals surface area contributed by atoms with Gasteiger partial charge in [0.15, 0.2) is 5.79 Å². The SMILES string of the molecule is CC1(CCNC(=O)C(Cc2ccccn2)c2ccc(F)cc2)OCCO1. The summed E-state index contributed by atoms with van der Waals surface area (Å²) in [7, 11) is 0. The summed E-state index contributed by atoms with van der Waals surface area (Å²) in [5.41, 5.74) is 1.57. The third-order valence-electron chi connectivity index (χ3n) is 4.50. The summed E-state index contributed by atoms with van der Waals surface area (Å²) in [5.74, 6) is -1.53. The van der Waals surface area contributed by atoms with Crippen LogP contribution in [0.5, 0.6) is 0 Å². The summed E-state index contributed by atoms with van der Waals surface area (Å²) in [6.45, 7) is 3.46. The molecule has 5 nitrogen and oxygen atoms in total. The fraction of sp³-hybridized carbons (Fsp3) is 0.400. The predicted molar refractivity (Wildman–Crippen MR) is 95.0 cm³/mol. The molecule has 3 rings (SSSR count). The monoisotopic (exact) mass is 358 g/mol. The van der Waals surface area contributed by atoms with Gasteiger partial charge in [-0.1, -0.05) is 18.2 Å². The molecule has 2 heterocycles. The summed E-state index contributed by atoms with van der Waals surface area (Å²) in [5, 5.41) is 2.95. The van der Waals surface area contributed by atoms with Gasteiger partial charge in [0.05, 0.1) is 19.1 Å². The van der Waals surface area contributed by atoms with E-state index in [1.54, 1.807) is 18.3 Å². The molecule has 1 amide bonds. The lowest BCUT2D eigenvalue weighted by atomic mass is 9.93. The maximum Gasteiger partial charge on any atom is 0.227 e. The normalized spacial score (nSPS) is 17.0. The fourth-order valence-corrected chi connectivity index (χ4v) is 3.02. The number of amides is 1. The van der Waals surface area contributed by atoms with E-state index in [-0.39, 0.29) is 11.7 Å². The molecular weight excluding hydrogens is 335 g/mol. The number of hydrogen-bond acceptors (Lipinski definition) is 4. The average Bonchev–Trinajstić information content (AvgIpc) is 3.08. The number of benzene rings is 1. The van der Waals surface area contributed by atoms with E-state index in [2.05, 4.69) is 10.3 Å². The van der Waals surface area contributed by atoms with Gasteiger partial charge in [0.1, 0.15) is 5.82 Å². The van der Waals surface area contributed by atoms with Crippen LogP contribution in [0.4, 0.5) is 4.39 Å². The second kappa shape index (κ2) is 8.38. The molecule has 0 spiro atoms. The highest BCUT2D eigenvalue weighted by Crippen LogP contribution is 2.23. The first-order chi connectivity index (χ1) is 12.6. The zero-order valence-electron chi connectivity index (χ0n) is 14.8. The average molecular weight is 358 g/mol. The van der Waals surface area contributed by atoms with Crippen molar-refractivity contribution in [2.24, 2.45) is 0 Å². The van der Waals surface area contributed by atoms with Gasteiger partial charge in [-0.05, 0) is 36.8 Å². The molecule has 1 aliphatic rings. The molecule has 0 aliphatic carbocycles. The minimum atomic E-state index is -0.639.